The molecule has 0 aliphatic carbocycles. The lowest BCUT2D eigenvalue weighted by Gasteiger charge is -2.11. The number of rotatable bonds is 11. The van der Waals surface area contributed by atoms with Gasteiger partial charge in [0.05, 0.1) is 12.2 Å². The molecule has 0 bridgehead atoms. The summed E-state index contributed by atoms with van der Waals surface area (Å²) in [7, 11) is 0. The van der Waals surface area contributed by atoms with Gasteiger partial charge in [-0.15, -0.1) is 5.10 Å². The Balaban J connectivity index is 1.67. The zero-order valence-electron chi connectivity index (χ0n) is 20.6. The van der Waals surface area contributed by atoms with Crippen molar-refractivity contribution >= 4 is 6.29 Å². The molecule has 1 N–H and O–H groups in total. The van der Waals surface area contributed by atoms with Crippen LogP contribution in [0, 0.1) is 5.92 Å². The van der Waals surface area contributed by atoms with Crippen molar-refractivity contribution < 1.29 is 4.79 Å². The van der Waals surface area contributed by atoms with Gasteiger partial charge in [-0.3, -0.25) is 13.9 Å². The van der Waals surface area contributed by atoms with Crippen LogP contribution in [0.5, 0.6) is 0 Å². The molecule has 0 radical (unpaired) electrons. The Morgan fingerprint density at radius 3 is 2.40 bits per heavy atom. The maximum Gasteiger partial charge on any atom is 0.329 e. The molecule has 8 nitrogen and oxygen atoms in total. The number of imidazole rings is 1. The Kier molecular flexibility index (Phi) is 7.70. The molecule has 0 amide bonds. The molecule has 0 saturated heterocycles. The predicted octanol–water partition coefficient (Wildman–Crippen LogP) is 4.75. The van der Waals surface area contributed by atoms with Crippen LogP contribution in [-0.4, -0.2) is 36.0 Å². The Labute approximate surface area is 205 Å². The number of nitrogens with zero attached hydrogens (tertiary/aromatic N) is 5. The van der Waals surface area contributed by atoms with Gasteiger partial charge in [0.15, 0.2) is 12.1 Å². The molecule has 0 spiro atoms. The number of tetrazole rings is 1. The highest BCUT2D eigenvalue weighted by Gasteiger charge is 2.20. The van der Waals surface area contributed by atoms with E-state index in [1.54, 1.807) is 9.13 Å². The molecule has 4 rings (SSSR count). The minimum atomic E-state index is -0.105. The van der Waals surface area contributed by atoms with Crippen molar-refractivity contribution in [3.8, 4) is 22.5 Å². The van der Waals surface area contributed by atoms with E-state index in [1.165, 1.54) is 0 Å². The standard InChI is InChI=1S/C27H32N6O2/c1-4-5-16-32-25(18-34)24(15-10-19(2)3)33(27(32)35)17-20-11-13-21(14-12-20)22-8-6-7-9-23(22)26-28-30-31-29-26/h6-9,11-14,18-19H,4-5,10,15-17H2,1-3H3,(H,28,29,30,31). The molecule has 2 aromatic carbocycles. The van der Waals surface area contributed by atoms with Gasteiger partial charge in [0, 0.05) is 12.1 Å². The largest absolute Gasteiger partial charge is 0.329 e. The van der Waals surface area contributed by atoms with Gasteiger partial charge in [-0.25, -0.2) is 9.89 Å². The highest BCUT2D eigenvalue weighted by atomic mass is 16.2. The SMILES string of the molecule is CCCCn1c(C=O)c(CCC(C)C)n(Cc2ccc(-c3ccccc3-c3nnn[nH]3)cc2)c1=O. The summed E-state index contributed by atoms with van der Waals surface area (Å²) in [6.07, 6.45) is 4.30. The molecule has 0 aliphatic rings. The van der Waals surface area contributed by atoms with E-state index in [4.69, 9.17) is 0 Å². The van der Waals surface area contributed by atoms with Gasteiger partial charge in [0.25, 0.3) is 0 Å². The zero-order valence-corrected chi connectivity index (χ0v) is 20.6. The van der Waals surface area contributed by atoms with Crippen LogP contribution < -0.4 is 5.69 Å². The van der Waals surface area contributed by atoms with E-state index < -0.39 is 0 Å². The van der Waals surface area contributed by atoms with E-state index in [9.17, 15) is 9.59 Å². The first-order valence-corrected chi connectivity index (χ1v) is 12.2. The van der Waals surface area contributed by atoms with Crippen LogP contribution in [0.15, 0.2) is 53.3 Å². The molecule has 0 fully saturated rings. The molecule has 0 aliphatic heterocycles. The average molecular weight is 473 g/mol. The normalized spacial score (nSPS) is 11.3. The number of aromatic amines is 1. The fourth-order valence-corrected chi connectivity index (χ4v) is 4.36. The zero-order chi connectivity index (χ0) is 24.8. The number of carbonyl (C=O) groups excluding carboxylic acids is 1. The summed E-state index contributed by atoms with van der Waals surface area (Å²) in [5.41, 5.74) is 5.22. The third kappa shape index (κ3) is 5.31. The maximum absolute atomic E-state index is 13.3. The quantitative estimate of drug-likeness (QED) is 0.318. The van der Waals surface area contributed by atoms with E-state index in [-0.39, 0.29) is 5.69 Å². The van der Waals surface area contributed by atoms with Crippen molar-refractivity contribution in [3.05, 3.63) is 76.0 Å². The molecule has 2 heterocycles. The van der Waals surface area contributed by atoms with Crippen LogP contribution in [-0.2, 0) is 19.5 Å². The lowest BCUT2D eigenvalue weighted by molar-refractivity contribution is 0.111. The van der Waals surface area contributed by atoms with Gasteiger partial charge in [-0.1, -0.05) is 75.7 Å². The minimum absolute atomic E-state index is 0.105. The van der Waals surface area contributed by atoms with Gasteiger partial charge in [0.2, 0.25) is 0 Å². The molecular weight excluding hydrogens is 440 g/mol. The second kappa shape index (κ2) is 11.1. The molecule has 0 saturated carbocycles. The van der Waals surface area contributed by atoms with Crippen molar-refractivity contribution in [3.63, 3.8) is 0 Å². The minimum Gasteiger partial charge on any atom is -0.296 e. The van der Waals surface area contributed by atoms with E-state index in [0.717, 1.165) is 53.5 Å². The van der Waals surface area contributed by atoms with E-state index in [0.29, 0.717) is 36.9 Å². The molecule has 0 unspecified atom stereocenters. The highest BCUT2D eigenvalue weighted by molar-refractivity contribution is 5.80. The Morgan fingerprint density at radius 1 is 1.03 bits per heavy atom. The fourth-order valence-electron chi connectivity index (χ4n) is 4.36. The van der Waals surface area contributed by atoms with Crippen LogP contribution >= 0.6 is 0 Å². The number of carbonyl (C=O) groups is 1. The van der Waals surface area contributed by atoms with Gasteiger partial charge in [-0.05, 0) is 52.3 Å². The molecule has 182 valence electrons. The van der Waals surface area contributed by atoms with Crippen molar-refractivity contribution in [1.82, 2.24) is 29.8 Å². The van der Waals surface area contributed by atoms with Gasteiger partial charge < -0.3 is 0 Å². The molecule has 4 aromatic rings. The van der Waals surface area contributed by atoms with Crippen LogP contribution in [0.1, 0.15) is 61.8 Å². The van der Waals surface area contributed by atoms with Gasteiger partial charge in [0.1, 0.15) is 5.69 Å². The first-order valence-electron chi connectivity index (χ1n) is 12.2. The van der Waals surface area contributed by atoms with E-state index >= 15 is 0 Å². The third-order valence-corrected chi connectivity index (χ3v) is 6.31. The van der Waals surface area contributed by atoms with Crippen LogP contribution in [0.25, 0.3) is 22.5 Å². The summed E-state index contributed by atoms with van der Waals surface area (Å²) in [5.74, 6) is 1.09. The summed E-state index contributed by atoms with van der Waals surface area (Å²) in [4.78, 5) is 25.3. The molecule has 8 heteroatoms. The summed E-state index contributed by atoms with van der Waals surface area (Å²) >= 11 is 0. The molecule has 35 heavy (non-hydrogen) atoms. The fraction of sp³-hybridized carbons (Fsp3) is 0.370. The molecule has 0 atom stereocenters. The Hall–Kier alpha value is -3.81. The highest BCUT2D eigenvalue weighted by Crippen LogP contribution is 2.30. The van der Waals surface area contributed by atoms with Crippen molar-refractivity contribution in [2.24, 2.45) is 5.92 Å². The van der Waals surface area contributed by atoms with Crippen molar-refractivity contribution in [2.75, 3.05) is 0 Å². The van der Waals surface area contributed by atoms with E-state index in [1.807, 2.05) is 48.5 Å². The number of nitrogens with one attached hydrogen (secondary N) is 1. The summed E-state index contributed by atoms with van der Waals surface area (Å²) < 4.78 is 3.44. The summed E-state index contributed by atoms with van der Waals surface area (Å²) in [6, 6.07) is 16.1. The lowest BCUT2D eigenvalue weighted by Crippen LogP contribution is -2.26. The molecular formula is C27H32N6O2. The number of H-pyrrole nitrogens is 1. The van der Waals surface area contributed by atoms with Crippen LogP contribution in [0.4, 0.5) is 0 Å². The Bertz CT molecular complexity index is 1320. The monoisotopic (exact) mass is 472 g/mol. The summed E-state index contributed by atoms with van der Waals surface area (Å²) in [6.45, 7) is 7.39. The first-order chi connectivity index (χ1) is 17.0. The Morgan fingerprint density at radius 2 is 1.77 bits per heavy atom. The van der Waals surface area contributed by atoms with Crippen LogP contribution in [0.2, 0.25) is 0 Å². The number of benzene rings is 2. The second-order valence-electron chi connectivity index (χ2n) is 9.25. The average Bonchev–Trinajstić information content (AvgIpc) is 3.49. The van der Waals surface area contributed by atoms with E-state index in [2.05, 4.69) is 41.4 Å². The number of hydrogen-bond acceptors (Lipinski definition) is 5. The van der Waals surface area contributed by atoms with Crippen molar-refractivity contribution in [1.29, 1.82) is 0 Å². The third-order valence-electron chi connectivity index (χ3n) is 6.31. The van der Waals surface area contributed by atoms with Crippen LogP contribution in [0.3, 0.4) is 0 Å². The smallest absolute Gasteiger partial charge is 0.296 e. The number of aromatic nitrogens is 6. The number of hydrogen-bond donors (Lipinski definition) is 1. The number of unbranched alkanes of at least 4 members (excludes halogenated alkanes) is 1. The number of aldehydes is 1. The van der Waals surface area contributed by atoms with Gasteiger partial charge in [-0.2, -0.15) is 0 Å². The first kappa shape index (κ1) is 24.3. The van der Waals surface area contributed by atoms with Crippen molar-refractivity contribution in [2.45, 2.75) is 59.5 Å². The lowest BCUT2D eigenvalue weighted by atomic mass is 9.98. The topological polar surface area (TPSA) is 98.5 Å². The predicted molar refractivity (Wildman–Crippen MR) is 136 cm³/mol. The maximum atomic E-state index is 13.3. The molecule has 2 aromatic heterocycles. The second-order valence-corrected chi connectivity index (χ2v) is 9.25. The summed E-state index contributed by atoms with van der Waals surface area (Å²) in [5, 5.41) is 14.3. The van der Waals surface area contributed by atoms with Gasteiger partial charge >= 0.3 is 5.69 Å².